The molecule has 0 fully saturated rings. The molecular formula is C28H24N2O2. The minimum atomic E-state index is -0.298. The summed E-state index contributed by atoms with van der Waals surface area (Å²) in [5.74, 6) is -0.227. The molecule has 4 heteroatoms. The highest BCUT2D eigenvalue weighted by Gasteiger charge is 2.38. The minimum Gasteiger partial charge on any atom is -0.867 e. The summed E-state index contributed by atoms with van der Waals surface area (Å²) in [6.45, 7) is 4.25. The number of benzene rings is 3. The number of likely N-dealkylation sites (N-methyl/N-ethyl adjacent to an activating group) is 1. The topological polar surface area (TPSA) is 46.4 Å². The maximum atomic E-state index is 13.3. The number of rotatable bonds is 3. The lowest BCUT2D eigenvalue weighted by Crippen LogP contribution is -2.45. The number of fused-ring (bicyclic) bond motifs is 1. The zero-order valence-electron chi connectivity index (χ0n) is 18.4. The Morgan fingerprint density at radius 2 is 1.38 bits per heavy atom. The van der Waals surface area contributed by atoms with E-state index >= 15 is 0 Å². The van der Waals surface area contributed by atoms with E-state index in [0.29, 0.717) is 0 Å². The Morgan fingerprint density at radius 3 is 1.91 bits per heavy atom. The lowest BCUT2D eigenvalue weighted by Gasteiger charge is -2.25. The molecule has 4 aromatic rings. The van der Waals surface area contributed by atoms with Gasteiger partial charge in [-0.05, 0) is 23.5 Å². The molecule has 0 atom stereocenters. The quantitative estimate of drug-likeness (QED) is 0.467. The van der Waals surface area contributed by atoms with E-state index in [1.165, 1.54) is 5.56 Å². The Bertz CT molecular complexity index is 1380. The number of nitrogens with zero attached hydrogens (tertiary/aromatic N) is 2. The van der Waals surface area contributed by atoms with E-state index in [1.807, 2.05) is 79.8 Å². The van der Waals surface area contributed by atoms with Crippen molar-refractivity contribution in [2.24, 2.45) is 0 Å². The van der Waals surface area contributed by atoms with Gasteiger partial charge in [0.15, 0.2) is 0 Å². The fourth-order valence-electron chi connectivity index (χ4n) is 4.69. The van der Waals surface area contributed by atoms with Gasteiger partial charge in [0, 0.05) is 53.7 Å². The van der Waals surface area contributed by atoms with Crippen LogP contribution in [0.4, 0.5) is 17.1 Å². The molecule has 0 N–H and O–H groups in total. The molecule has 0 bridgehead atoms. The van der Waals surface area contributed by atoms with Crippen LogP contribution in [0.1, 0.15) is 25.0 Å². The highest BCUT2D eigenvalue weighted by atomic mass is 16.3. The Kier molecular flexibility index (Phi) is 4.59. The van der Waals surface area contributed by atoms with Crippen LogP contribution in [-0.2, 0) is 5.41 Å². The molecule has 1 aliphatic heterocycles. The predicted octanol–water partition coefficient (Wildman–Crippen LogP) is 4.20. The first-order valence-corrected chi connectivity index (χ1v) is 10.7. The van der Waals surface area contributed by atoms with Crippen molar-refractivity contribution < 1.29 is 5.11 Å². The molecule has 0 spiro atoms. The molecule has 0 amide bonds. The largest absolute Gasteiger partial charge is 0.867 e. The van der Waals surface area contributed by atoms with Gasteiger partial charge >= 0.3 is 0 Å². The summed E-state index contributed by atoms with van der Waals surface area (Å²) in [4.78, 5) is 15.4. The fourth-order valence-corrected chi connectivity index (χ4v) is 4.69. The van der Waals surface area contributed by atoms with Crippen molar-refractivity contribution in [2.45, 2.75) is 19.3 Å². The van der Waals surface area contributed by atoms with E-state index < -0.39 is 0 Å². The van der Waals surface area contributed by atoms with Gasteiger partial charge in [-0.25, -0.2) is 0 Å². The van der Waals surface area contributed by atoms with Crippen LogP contribution in [-0.4, -0.2) is 7.05 Å². The maximum Gasteiger partial charge on any atom is 0.256 e. The van der Waals surface area contributed by atoms with Gasteiger partial charge in [0.2, 0.25) is 11.4 Å². The van der Waals surface area contributed by atoms with Crippen molar-refractivity contribution in [3.63, 3.8) is 0 Å². The normalized spacial score (nSPS) is 15.8. The summed E-state index contributed by atoms with van der Waals surface area (Å²) in [5.41, 5.74) is 4.51. The summed E-state index contributed by atoms with van der Waals surface area (Å²) in [6, 6.07) is 27.3. The standard InChI is InChI=1S/C28H24N2O2/c1-28(2)22-16-10-11-17-23(22)29(3)24(28)18-21-26(31)25(27(21)32)30(19-12-6-4-7-13-19)20-14-8-5-9-15-20/h4-18H,1-3H3. The predicted molar refractivity (Wildman–Crippen MR) is 128 cm³/mol. The lowest BCUT2D eigenvalue weighted by molar-refractivity contribution is -0.272. The van der Waals surface area contributed by atoms with Gasteiger partial charge in [0.05, 0.1) is 0 Å². The molecular weight excluding hydrogens is 396 g/mol. The lowest BCUT2D eigenvalue weighted by atomic mass is 9.83. The molecule has 4 nitrogen and oxygen atoms in total. The molecule has 0 saturated carbocycles. The Hall–Kier alpha value is -3.92. The zero-order chi connectivity index (χ0) is 22.5. The number of hydrogen-bond donors (Lipinski definition) is 0. The average molecular weight is 421 g/mol. The minimum absolute atomic E-state index is 0.185. The van der Waals surface area contributed by atoms with E-state index in [4.69, 9.17) is 0 Å². The molecule has 0 aromatic heterocycles. The summed E-state index contributed by atoms with van der Waals surface area (Å²) in [5, 5.41) is 13.5. The van der Waals surface area contributed by atoms with Crippen LogP contribution in [0.5, 0.6) is 5.75 Å². The average Bonchev–Trinajstić information content (AvgIpc) is 3.02. The van der Waals surface area contributed by atoms with E-state index in [0.717, 1.165) is 22.8 Å². The first-order chi connectivity index (χ1) is 15.4. The van der Waals surface area contributed by atoms with Gasteiger partial charge in [0.25, 0.3) is 10.8 Å². The highest BCUT2D eigenvalue weighted by Crippen LogP contribution is 2.47. The summed E-state index contributed by atoms with van der Waals surface area (Å²) >= 11 is 0. The second-order valence-electron chi connectivity index (χ2n) is 8.66. The molecule has 4 aromatic carbocycles. The van der Waals surface area contributed by atoms with Crippen molar-refractivity contribution >= 4 is 23.1 Å². The molecule has 0 aliphatic carbocycles. The van der Waals surface area contributed by atoms with Crippen molar-refractivity contribution in [3.8, 4) is 5.75 Å². The van der Waals surface area contributed by atoms with Crippen LogP contribution >= 0.6 is 0 Å². The van der Waals surface area contributed by atoms with Crippen molar-refractivity contribution in [2.75, 3.05) is 11.9 Å². The van der Waals surface area contributed by atoms with Gasteiger partial charge < -0.3 is 10.0 Å². The van der Waals surface area contributed by atoms with Crippen molar-refractivity contribution in [1.82, 2.24) is 4.58 Å². The van der Waals surface area contributed by atoms with Crippen LogP contribution in [0.15, 0.2) is 95.4 Å². The van der Waals surface area contributed by atoms with Crippen LogP contribution < -0.4 is 25.4 Å². The first-order valence-electron chi connectivity index (χ1n) is 10.7. The highest BCUT2D eigenvalue weighted by molar-refractivity contribution is 5.77. The second-order valence-corrected chi connectivity index (χ2v) is 8.66. The third-order valence-corrected chi connectivity index (χ3v) is 6.39. The third-order valence-electron chi connectivity index (χ3n) is 6.39. The van der Waals surface area contributed by atoms with Gasteiger partial charge in [-0.15, -0.1) is 0 Å². The van der Waals surface area contributed by atoms with Crippen molar-refractivity contribution in [3.05, 3.63) is 117 Å². The summed E-state index contributed by atoms with van der Waals surface area (Å²) < 4.78 is 1.75. The fraction of sp³-hybridized carbons (Fsp3) is 0.143. The molecule has 5 rings (SSSR count). The SMILES string of the molecule is CN1C(=Cc2c([O-])c(=[N+](c3ccccc3)c3ccccc3)c2=O)C(C)(C)c2ccccc21. The van der Waals surface area contributed by atoms with Gasteiger partial charge in [-0.1, -0.05) is 68.4 Å². The van der Waals surface area contributed by atoms with E-state index in [-0.39, 0.29) is 27.5 Å². The van der Waals surface area contributed by atoms with Gasteiger partial charge in [-0.3, -0.25) is 4.79 Å². The smallest absolute Gasteiger partial charge is 0.256 e. The van der Waals surface area contributed by atoms with Crippen LogP contribution in [0.3, 0.4) is 0 Å². The molecule has 0 saturated heterocycles. The molecule has 32 heavy (non-hydrogen) atoms. The number of para-hydroxylation sites is 3. The van der Waals surface area contributed by atoms with Crippen LogP contribution in [0, 0.1) is 0 Å². The number of hydrogen-bond acceptors (Lipinski definition) is 3. The zero-order valence-corrected chi connectivity index (χ0v) is 18.4. The monoisotopic (exact) mass is 420 g/mol. The summed E-state index contributed by atoms with van der Waals surface area (Å²) in [7, 11) is 1.98. The number of allylic oxidation sites excluding steroid dienone is 1. The van der Waals surface area contributed by atoms with Crippen LogP contribution in [0.2, 0.25) is 0 Å². The van der Waals surface area contributed by atoms with E-state index in [2.05, 4.69) is 30.9 Å². The third kappa shape index (κ3) is 2.91. The Balaban J connectivity index is 1.71. The molecule has 0 radical (unpaired) electrons. The Labute approximate surface area is 187 Å². The molecule has 1 aliphatic rings. The van der Waals surface area contributed by atoms with Gasteiger partial charge in [0.1, 0.15) is 0 Å². The number of anilines is 1. The molecule has 0 unspecified atom stereocenters. The second kappa shape index (κ2) is 7.34. The summed E-state index contributed by atoms with van der Waals surface area (Å²) in [6.07, 6.45) is 1.78. The van der Waals surface area contributed by atoms with E-state index in [9.17, 15) is 9.90 Å². The Morgan fingerprint density at radius 1 is 0.844 bits per heavy atom. The van der Waals surface area contributed by atoms with Crippen molar-refractivity contribution in [1.29, 1.82) is 0 Å². The van der Waals surface area contributed by atoms with Gasteiger partial charge in [-0.2, -0.15) is 4.58 Å². The van der Waals surface area contributed by atoms with Crippen LogP contribution in [0.25, 0.3) is 6.08 Å². The van der Waals surface area contributed by atoms with E-state index in [1.54, 1.807) is 10.7 Å². The first kappa shape index (κ1) is 20.0. The molecule has 158 valence electrons. The maximum absolute atomic E-state index is 13.3. The molecule has 1 heterocycles.